The molecule has 5 nitrogen and oxygen atoms in total. The molecule has 0 radical (unpaired) electrons. The van der Waals surface area contributed by atoms with Crippen molar-refractivity contribution in [2.45, 2.75) is 12.8 Å². The average molecular weight is 476 g/mol. The molecule has 0 unspecified atom stereocenters. The maximum atomic E-state index is 13.3. The van der Waals surface area contributed by atoms with Gasteiger partial charge in [0.2, 0.25) is 5.91 Å². The molecule has 0 aliphatic carbocycles. The highest BCUT2D eigenvalue weighted by Crippen LogP contribution is 2.37. The Bertz CT molecular complexity index is 1400. The third kappa shape index (κ3) is 4.41. The number of anilines is 2. The summed E-state index contributed by atoms with van der Waals surface area (Å²) in [6, 6.07) is 20.9. The number of halogens is 2. The van der Waals surface area contributed by atoms with Crippen molar-refractivity contribution < 1.29 is 9.18 Å². The third-order valence-corrected chi connectivity index (χ3v) is 6.47. The Kier molecular flexibility index (Phi) is 6.07. The van der Waals surface area contributed by atoms with Crippen molar-refractivity contribution in [2.75, 3.05) is 23.3 Å². The van der Waals surface area contributed by atoms with Crippen LogP contribution in [0.2, 0.25) is 5.02 Å². The van der Waals surface area contributed by atoms with Gasteiger partial charge < -0.3 is 15.2 Å². The minimum atomic E-state index is -0.356. The minimum Gasteiger partial charge on any atom is -0.366 e. The maximum Gasteiger partial charge on any atom is 0.272 e. The lowest BCUT2D eigenvalue weighted by Gasteiger charge is -2.34. The fourth-order valence-corrected chi connectivity index (χ4v) is 4.80. The second-order valence-corrected chi connectivity index (χ2v) is 8.95. The largest absolute Gasteiger partial charge is 0.366 e. The first-order chi connectivity index (χ1) is 16.5. The second-order valence-electron chi connectivity index (χ2n) is 8.51. The SMILES string of the molecule is O=C(Nc1ccc(F)cc1)[C@@H]1CCCN(c2c(-c3ccccc3)c3cc(Cl)ccc3[nH]c2=O)C1. The molecule has 2 N–H and O–H groups in total. The molecule has 1 saturated heterocycles. The van der Waals surface area contributed by atoms with Crippen LogP contribution < -0.4 is 15.8 Å². The van der Waals surface area contributed by atoms with Gasteiger partial charge in [-0.15, -0.1) is 0 Å². The van der Waals surface area contributed by atoms with Gasteiger partial charge in [0, 0.05) is 40.3 Å². The highest BCUT2D eigenvalue weighted by atomic mass is 35.5. The van der Waals surface area contributed by atoms with Crippen molar-refractivity contribution in [1.29, 1.82) is 0 Å². The molecule has 1 fully saturated rings. The molecular weight excluding hydrogens is 453 g/mol. The molecule has 1 aliphatic heterocycles. The highest BCUT2D eigenvalue weighted by Gasteiger charge is 2.29. The molecule has 172 valence electrons. The summed E-state index contributed by atoms with van der Waals surface area (Å²) in [6.07, 6.45) is 1.48. The van der Waals surface area contributed by atoms with Crippen LogP contribution in [-0.2, 0) is 4.79 Å². The van der Waals surface area contributed by atoms with E-state index >= 15 is 0 Å². The second kappa shape index (κ2) is 9.31. The maximum absolute atomic E-state index is 13.3. The molecule has 1 aromatic heterocycles. The molecule has 0 bridgehead atoms. The first-order valence-corrected chi connectivity index (χ1v) is 11.6. The number of carbonyl (C=O) groups excluding carboxylic acids is 1. The topological polar surface area (TPSA) is 65.2 Å². The van der Waals surface area contributed by atoms with Crippen LogP contribution in [0.15, 0.2) is 77.6 Å². The highest BCUT2D eigenvalue weighted by molar-refractivity contribution is 6.31. The normalized spacial score (nSPS) is 15.9. The number of nitrogens with one attached hydrogen (secondary N) is 2. The predicted molar refractivity (Wildman–Crippen MR) is 135 cm³/mol. The molecule has 2 heterocycles. The molecule has 34 heavy (non-hydrogen) atoms. The van der Waals surface area contributed by atoms with Crippen LogP contribution >= 0.6 is 11.6 Å². The van der Waals surface area contributed by atoms with E-state index in [1.54, 1.807) is 18.2 Å². The molecule has 1 aliphatic rings. The fourth-order valence-electron chi connectivity index (χ4n) is 4.63. The van der Waals surface area contributed by atoms with Crippen molar-refractivity contribution in [1.82, 2.24) is 4.98 Å². The number of rotatable bonds is 4. The van der Waals surface area contributed by atoms with Crippen LogP contribution in [0.4, 0.5) is 15.8 Å². The van der Waals surface area contributed by atoms with Crippen molar-refractivity contribution in [2.24, 2.45) is 5.92 Å². The third-order valence-electron chi connectivity index (χ3n) is 6.23. The van der Waals surface area contributed by atoms with Gasteiger partial charge >= 0.3 is 0 Å². The number of benzene rings is 3. The number of hydrogen-bond donors (Lipinski definition) is 2. The van der Waals surface area contributed by atoms with Crippen molar-refractivity contribution in [3.05, 3.63) is 94.0 Å². The lowest BCUT2D eigenvalue weighted by molar-refractivity contribution is -0.120. The number of carbonyl (C=O) groups is 1. The number of hydrogen-bond acceptors (Lipinski definition) is 3. The Balaban J connectivity index is 1.53. The first-order valence-electron chi connectivity index (χ1n) is 11.2. The molecule has 5 rings (SSSR count). The smallest absolute Gasteiger partial charge is 0.272 e. The summed E-state index contributed by atoms with van der Waals surface area (Å²) in [7, 11) is 0. The van der Waals surface area contributed by atoms with Crippen LogP contribution in [0, 0.1) is 11.7 Å². The quantitative estimate of drug-likeness (QED) is 0.389. The van der Waals surface area contributed by atoms with E-state index in [4.69, 9.17) is 11.6 Å². The first kappa shape index (κ1) is 22.2. The van der Waals surface area contributed by atoms with Gasteiger partial charge in [-0.1, -0.05) is 41.9 Å². The Morgan fingerprint density at radius 1 is 1.06 bits per heavy atom. The number of H-pyrrole nitrogens is 1. The van der Waals surface area contributed by atoms with Gasteiger partial charge in [0.25, 0.3) is 5.56 Å². The van der Waals surface area contributed by atoms with Gasteiger partial charge in [0.1, 0.15) is 11.5 Å². The minimum absolute atomic E-state index is 0.141. The van der Waals surface area contributed by atoms with Crippen LogP contribution in [0.3, 0.4) is 0 Å². The molecule has 4 aromatic rings. The summed E-state index contributed by atoms with van der Waals surface area (Å²) in [5, 5.41) is 4.31. The molecule has 1 atom stereocenters. The van der Waals surface area contributed by atoms with E-state index in [1.165, 1.54) is 12.1 Å². The fraction of sp³-hybridized carbons (Fsp3) is 0.185. The van der Waals surface area contributed by atoms with Crippen molar-refractivity contribution >= 4 is 39.8 Å². The van der Waals surface area contributed by atoms with Gasteiger partial charge in [-0.25, -0.2) is 4.39 Å². The van der Waals surface area contributed by atoms with Gasteiger partial charge in [-0.3, -0.25) is 9.59 Å². The van der Waals surface area contributed by atoms with Crippen LogP contribution in [0.5, 0.6) is 0 Å². The Morgan fingerprint density at radius 3 is 2.59 bits per heavy atom. The average Bonchev–Trinajstić information content (AvgIpc) is 2.85. The number of piperidine rings is 1. The lowest BCUT2D eigenvalue weighted by atomic mass is 9.93. The summed E-state index contributed by atoms with van der Waals surface area (Å²) in [6.45, 7) is 1.07. The van der Waals surface area contributed by atoms with Crippen LogP contribution in [0.25, 0.3) is 22.0 Å². The van der Waals surface area contributed by atoms with Gasteiger partial charge in [0.15, 0.2) is 0 Å². The van der Waals surface area contributed by atoms with Crippen molar-refractivity contribution in [3.63, 3.8) is 0 Å². The van der Waals surface area contributed by atoms with E-state index < -0.39 is 0 Å². The van der Waals surface area contributed by atoms with Gasteiger partial charge in [-0.05, 0) is 60.9 Å². The van der Waals surface area contributed by atoms with E-state index in [9.17, 15) is 14.0 Å². The van der Waals surface area contributed by atoms with E-state index in [2.05, 4.69) is 10.3 Å². The van der Waals surface area contributed by atoms with Crippen LogP contribution in [-0.4, -0.2) is 24.0 Å². The Labute approximate surface area is 201 Å². The van der Waals surface area contributed by atoms with Gasteiger partial charge in [-0.2, -0.15) is 0 Å². The summed E-state index contributed by atoms with van der Waals surface area (Å²) in [4.78, 5) is 31.3. The molecule has 0 spiro atoms. The zero-order chi connectivity index (χ0) is 23.7. The molecular formula is C27H23ClFN3O2. The lowest BCUT2D eigenvalue weighted by Crippen LogP contribution is -2.43. The summed E-state index contributed by atoms with van der Waals surface area (Å²) >= 11 is 6.33. The number of aromatic amines is 1. The number of nitrogens with zero attached hydrogens (tertiary/aromatic N) is 1. The summed E-state index contributed by atoms with van der Waals surface area (Å²) < 4.78 is 13.2. The number of aromatic nitrogens is 1. The zero-order valence-corrected chi connectivity index (χ0v) is 19.1. The molecule has 1 amide bonds. The van der Waals surface area contributed by atoms with Crippen molar-refractivity contribution in [3.8, 4) is 11.1 Å². The van der Waals surface area contributed by atoms with E-state index in [-0.39, 0.29) is 23.2 Å². The Hall–Kier alpha value is -3.64. The molecule has 0 saturated carbocycles. The number of pyridine rings is 1. The summed E-state index contributed by atoms with van der Waals surface area (Å²) in [5.74, 6) is -0.805. The predicted octanol–water partition coefficient (Wildman–Crippen LogP) is 5.84. The van der Waals surface area contributed by atoms with E-state index in [0.717, 1.165) is 22.9 Å². The van der Waals surface area contributed by atoms with E-state index in [0.29, 0.717) is 41.4 Å². The van der Waals surface area contributed by atoms with E-state index in [1.807, 2.05) is 47.4 Å². The van der Waals surface area contributed by atoms with Crippen LogP contribution in [0.1, 0.15) is 12.8 Å². The monoisotopic (exact) mass is 475 g/mol. The van der Waals surface area contributed by atoms with Gasteiger partial charge in [0.05, 0.1) is 5.92 Å². The Morgan fingerprint density at radius 2 is 1.82 bits per heavy atom. The molecule has 7 heteroatoms. The zero-order valence-electron chi connectivity index (χ0n) is 18.4. The standard InChI is InChI=1S/C27H23ClFN3O2/c28-19-8-13-23-22(15-19)24(17-5-2-1-3-6-17)25(27(34)31-23)32-14-4-7-18(16-32)26(33)30-21-11-9-20(29)10-12-21/h1-3,5-6,8-13,15,18H,4,7,14,16H2,(H,30,33)(H,31,34)/t18-/m1/s1. The number of amides is 1. The molecule has 3 aromatic carbocycles. The number of fused-ring (bicyclic) bond motifs is 1. The summed E-state index contributed by atoms with van der Waals surface area (Å²) in [5.41, 5.74) is 3.31.